The molecule has 0 bridgehead atoms. The van der Waals surface area contributed by atoms with Crippen LogP contribution >= 0.6 is 0 Å². The van der Waals surface area contributed by atoms with Crippen LogP contribution in [-0.2, 0) is 41.0 Å². The lowest BCUT2D eigenvalue weighted by Gasteiger charge is -2.12. The van der Waals surface area contributed by atoms with Crippen LogP contribution in [0.4, 0.5) is 22.7 Å². The maximum Gasteiger partial charge on any atom is 0.237 e. The van der Waals surface area contributed by atoms with Gasteiger partial charge in [-0.05, 0) is 186 Å². The number of rotatable bonds is 12. The van der Waals surface area contributed by atoms with Gasteiger partial charge in [0.2, 0.25) is 45.5 Å². The number of hydrogen-bond acceptors (Lipinski definition) is 4. The van der Waals surface area contributed by atoms with Gasteiger partial charge < -0.3 is 17.7 Å². The lowest BCUT2D eigenvalue weighted by atomic mass is 9.91. The molecule has 20 aromatic rings. The molecule has 0 aliphatic heterocycles. The highest BCUT2D eigenvalue weighted by Crippen LogP contribution is 2.52. The van der Waals surface area contributed by atoms with Crippen molar-refractivity contribution in [2.45, 2.75) is 82.1 Å². The standard InChI is InChI=1S/2C30H27N2O.2C27H21N2O/c1-19(2)17-22-18-20(3)26(25-13-9-10-16-32(25)5)30-27(22)24-15-14-23(21-11-7-6-8-12-21)28(31-4)29(24)33-30;1-19(2)17-22-18-24(21-11-7-6-8-12-21)28(31-4)30-27(22)23-15-14-20(3)26(29(23)33-30)25-13-9-10-16-32(25)5;1-17-13-14-20-22-16-21(19-10-6-5-7-11-19)18(2)25(28-3)27(22)30-26(20)24(17)23-12-8-9-15-29(23)4;1-17-13-14-20-24-21(19-10-6-5-7-11-19)16-18(2)25(28-3)27(24)30-26(20)23(17)22-12-8-9-15-29(22)4/h2*6-16,18-19H,17H2,1-3,5H3;2*5-16H,1-2,4H3/q4*+1. The summed E-state index contributed by atoms with van der Waals surface area (Å²) in [5.74, 6) is 0.998. The maximum absolute atomic E-state index is 8.06. The van der Waals surface area contributed by atoms with Gasteiger partial charge in [0.05, 0.1) is 48.5 Å². The molecule has 0 amide bonds. The Morgan fingerprint density at radius 2 is 0.595 bits per heavy atom. The molecule has 0 saturated carbocycles. The molecule has 0 radical (unpaired) electrons. The predicted octanol–water partition coefficient (Wildman–Crippen LogP) is 29.4. The fraction of sp³-hybridized carbons (Fsp3) is 0.158. The van der Waals surface area contributed by atoms with Crippen molar-refractivity contribution in [3.05, 3.63) is 382 Å². The summed E-state index contributed by atoms with van der Waals surface area (Å²) in [5.41, 5.74) is 34.5. The van der Waals surface area contributed by atoms with Crippen LogP contribution in [-0.4, -0.2) is 0 Å². The molecule has 0 saturated heterocycles. The van der Waals surface area contributed by atoms with Crippen molar-refractivity contribution >= 4 is 111 Å². The largest absolute Gasteiger partial charge is 0.466 e. The van der Waals surface area contributed by atoms with E-state index >= 15 is 0 Å². The molecule has 0 atom stereocenters. The summed E-state index contributed by atoms with van der Waals surface area (Å²) >= 11 is 0. The van der Waals surface area contributed by atoms with E-state index in [-0.39, 0.29) is 0 Å². The van der Waals surface area contributed by atoms with E-state index in [0.717, 1.165) is 196 Å². The predicted molar refractivity (Wildman–Crippen MR) is 514 cm³/mol. The van der Waals surface area contributed by atoms with Gasteiger partial charge in [-0.2, -0.15) is 0 Å². The molecule has 0 unspecified atom stereocenters. The lowest BCUT2D eigenvalue weighted by molar-refractivity contribution is -0.660. The van der Waals surface area contributed by atoms with Crippen LogP contribution in [0, 0.1) is 79.7 Å². The fourth-order valence-corrected chi connectivity index (χ4v) is 18.3. The topological polar surface area (TPSA) is 85.5 Å². The summed E-state index contributed by atoms with van der Waals surface area (Å²) in [6.45, 7) is 53.1. The van der Waals surface area contributed by atoms with Gasteiger partial charge in [-0.1, -0.05) is 216 Å². The lowest BCUT2D eigenvalue weighted by Crippen LogP contribution is -2.30. The number of benzene rings is 12. The molecule has 126 heavy (non-hydrogen) atoms. The molecule has 0 aliphatic rings. The highest BCUT2D eigenvalue weighted by molar-refractivity contribution is 6.21. The Hall–Kier alpha value is -15.6. The van der Waals surface area contributed by atoms with Crippen LogP contribution in [0.5, 0.6) is 0 Å². The molecule has 612 valence electrons. The third-order valence-electron chi connectivity index (χ3n) is 24.3. The van der Waals surface area contributed by atoms with Gasteiger partial charge in [0.15, 0.2) is 24.8 Å². The van der Waals surface area contributed by atoms with E-state index in [1.54, 1.807) is 0 Å². The van der Waals surface area contributed by atoms with E-state index in [1.807, 2.05) is 162 Å². The quantitative estimate of drug-likeness (QED) is 0.0901. The first-order valence-electron chi connectivity index (χ1n) is 42.7. The second kappa shape index (κ2) is 34.7. The number of aryl methyl sites for hydroxylation is 9. The molecule has 0 N–H and O–H groups in total. The molecule has 0 spiro atoms. The Balaban J connectivity index is 0.000000119. The van der Waals surface area contributed by atoms with Crippen LogP contribution in [0.25, 0.3) is 197 Å². The second-order valence-electron chi connectivity index (χ2n) is 33.7. The summed E-state index contributed by atoms with van der Waals surface area (Å²) in [7, 11) is 8.20. The van der Waals surface area contributed by atoms with Crippen molar-refractivity contribution in [2.24, 2.45) is 40.0 Å². The summed E-state index contributed by atoms with van der Waals surface area (Å²) in [6.07, 6.45) is 10.1. The fourth-order valence-electron chi connectivity index (χ4n) is 18.3. The first-order valence-corrected chi connectivity index (χ1v) is 42.7. The highest BCUT2D eigenvalue weighted by atomic mass is 16.3. The minimum atomic E-state index is 0.484. The average Bonchev–Trinajstić information content (AvgIpc) is 1.59. The molecule has 12 heteroatoms. The van der Waals surface area contributed by atoms with E-state index in [4.69, 9.17) is 44.0 Å². The van der Waals surface area contributed by atoms with Crippen molar-refractivity contribution in [2.75, 3.05) is 0 Å². The molecular weight excluding hydrogens is 1550 g/mol. The zero-order valence-electron chi connectivity index (χ0n) is 73.5. The molecule has 12 aromatic carbocycles. The molecule has 8 heterocycles. The third-order valence-corrected chi connectivity index (χ3v) is 24.3. The van der Waals surface area contributed by atoms with Crippen LogP contribution in [0.15, 0.2) is 309 Å². The van der Waals surface area contributed by atoms with E-state index < -0.39 is 0 Å². The Labute approximate surface area is 735 Å². The van der Waals surface area contributed by atoms with E-state index in [0.29, 0.717) is 56.9 Å². The third kappa shape index (κ3) is 15.0. The molecule has 20 rings (SSSR count). The molecule has 12 nitrogen and oxygen atoms in total. The number of hydrogen-bond donors (Lipinski definition) is 0. The average molecular weight is 1640 g/mol. The van der Waals surface area contributed by atoms with Gasteiger partial charge in [-0.3, -0.25) is 0 Å². The van der Waals surface area contributed by atoms with Crippen molar-refractivity contribution in [3.8, 4) is 89.5 Å². The number of nitrogens with zero attached hydrogens (tertiary/aromatic N) is 8. The number of fused-ring (bicyclic) bond motifs is 12. The van der Waals surface area contributed by atoms with Gasteiger partial charge in [0.25, 0.3) is 0 Å². The second-order valence-corrected chi connectivity index (χ2v) is 33.7. The number of furan rings is 4. The monoisotopic (exact) mass is 1640 g/mol. The Morgan fingerprint density at radius 3 is 1.04 bits per heavy atom. The number of aromatic nitrogens is 4. The maximum atomic E-state index is 8.06. The molecule has 0 fully saturated rings. The van der Waals surface area contributed by atoms with Crippen LogP contribution in [0.2, 0.25) is 0 Å². The normalized spacial score (nSPS) is 11.3. The first kappa shape index (κ1) is 82.7. The Bertz CT molecular complexity index is 7870. The highest BCUT2D eigenvalue weighted by Gasteiger charge is 2.31. The van der Waals surface area contributed by atoms with Gasteiger partial charge in [-0.15, -0.1) is 0 Å². The van der Waals surface area contributed by atoms with E-state index in [9.17, 15) is 0 Å². The molecular formula is C114H96N8O4+4. The van der Waals surface area contributed by atoms with Crippen molar-refractivity contribution in [1.82, 2.24) is 0 Å². The first-order chi connectivity index (χ1) is 61.2. The van der Waals surface area contributed by atoms with Gasteiger partial charge >= 0.3 is 0 Å². The van der Waals surface area contributed by atoms with Crippen molar-refractivity contribution in [1.29, 1.82) is 0 Å². The van der Waals surface area contributed by atoms with Crippen LogP contribution in [0.1, 0.15) is 72.2 Å². The summed E-state index contributed by atoms with van der Waals surface area (Å²) < 4.78 is 34.7. The molecule has 0 aliphatic carbocycles. The van der Waals surface area contributed by atoms with Crippen LogP contribution in [0.3, 0.4) is 0 Å². The Kier molecular flexibility index (Phi) is 22.8. The van der Waals surface area contributed by atoms with Crippen molar-refractivity contribution in [3.63, 3.8) is 0 Å². The van der Waals surface area contributed by atoms with E-state index in [2.05, 4.69) is 265 Å². The Morgan fingerprint density at radius 1 is 0.262 bits per heavy atom. The summed E-state index contributed by atoms with van der Waals surface area (Å²) in [4.78, 5) is 15.6. The zero-order chi connectivity index (χ0) is 87.9. The van der Waals surface area contributed by atoms with Crippen LogP contribution < -0.4 is 18.3 Å². The summed E-state index contributed by atoms with van der Waals surface area (Å²) in [5, 5.41) is 8.38. The minimum absolute atomic E-state index is 0.484. The van der Waals surface area contributed by atoms with Crippen molar-refractivity contribution < 1.29 is 35.9 Å². The smallest absolute Gasteiger partial charge is 0.237 e. The minimum Gasteiger partial charge on any atom is -0.466 e. The van der Waals surface area contributed by atoms with Gasteiger partial charge in [0.1, 0.15) is 72.9 Å². The van der Waals surface area contributed by atoms with Gasteiger partial charge in [0, 0.05) is 91.6 Å². The SMILES string of the molecule is [C-]#[N+]c1c(-c2ccccc2)cc(CC(C)C)c2c1oc1c(-c3cccc[n+]3C)c(C)ccc12.[C-]#[N+]c1c(-c2ccccc2)ccc2c1oc1c(-c3cccc[n+]3C)c(C)cc(CC(C)C)c12.[C-]#[N+]c1c(C)c(-c2ccccc2)cc2c1oc1c(-c3cccc[n+]3C)c(C)ccc12.[C-]#[N+]c1c(C)cc(-c2ccccc2)c2c1oc1c(-c3cccc[n+]3C)c(C)ccc12. The van der Waals surface area contributed by atoms with E-state index in [1.165, 1.54) is 16.7 Å². The van der Waals surface area contributed by atoms with Gasteiger partial charge in [-0.25, -0.2) is 37.6 Å². The zero-order valence-corrected chi connectivity index (χ0v) is 73.5. The summed E-state index contributed by atoms with van der Waals surface area (Å²) in [6, 6.07) is 91.4. The molecule has 8 aromatic heterocycles. The number of pyridine rings is 4.